The first kappa shape index (κ1) is 15.4. The third-order valence-electron chi connectivity index (χ3n) is 3.94. The van der Waals surface area contributed by atoms with E-state index in [9.17, 15) is 0 Å². The summed E-state index contributed by atoms with van der Waals surface area (Å²) in [5.74, 6) is 0. The normalized spacial score (nSPS) is 15.6. The molecule has 0 bridgehead atoms. The van der Waals surface area contributed by atoms with E-state index in [-0.39, 0.29) is 5.60 Å². The molecular formula is C12H30OSi2. The van der Waals surface area contributed by atoms with Crippen LogP contribution in [0.25, 0.3) is 0 Å². The van der Waals surface area contributed by atoms with E-state index < -0.39 is 16.4 Å². The molecule has 0 heterocycles. The molecule has 0 aromatic rings. The molecule has 0 radical (unpaired) electrons. The first-order valence-electron chi connectivity index (χ1n) is 5.91. The summed E-state index contributed by atoms with van der Waals surface area (Å²) in [6.07, 6.45) is 0. The highest BCUT2D eigenvalue weighted by molar-refractivity contribution is 6.79. The lowest BCUT2D eigenvalue weighted by Crippen LogP contribution is -2.54. The van der Waals surface area contributed by atoms with Crippen molar-refractivity contribution in [2.75, 3.05) is 0 Å². The van der Waals surface area contributed by atoms with Gasteiger partial charge in [0.15, 0.2) is 8.32 Å². The van der Waals surface area contributed by atoms with Crippen molar-refractivity contribution >= 4 is 16.4 Å². The van der Waals surface area contributed by atoms with Crippen molar-refractivity contribution in [3.8, 4) is 0 Å². The molecule has 0 atom stereocenters. The molecule has 0 unspecified atom stereocenters. The molecule has 1 nitrogen and oxygen atoms in total. The van der Waals surface area contributed by atoms with E-state index in [0.717, 1.165) is 0 Å². The molecule has 0 spiro atoms. The van der Waals surface area contributed by atoms with Crippen LogP contribution in [0.5, 0.6) is 0 Å². The number of rotatable bonds is 4. The summed E-state index contributed by atoms with van der Waals surface area (Å²) in [5, 5.41) is 0.292. The fourth-order valence-electron chi connectivity index (χ4n) is 1.80. The van der Waals surface area contributed by atoms with Crippen molar-refractivity contribution in [1.29, 1.82) is 0 Å². The quantitative estimate of drug-likeness (QED) is 0.651. The molecule has 0 aromatic heterocycles. The van der Waals surface area contributed by atoms with Gasteiger partial charge < -0.3 is 4.43 Å². The molecular weight excluding hydrogens is 216 g/mol. The van der Waals surface area contributed by atoms with E-state index in [4.69, 9.17) is 4.43 Å². The van der Waals surface area contributed by atoms with Gasteiger partial charge >= 0.3 is 0 Å². The van der Waals surface area contributed by atoms with Crippen molar-refractivity contribution in [2.24, 2.45) is 0 Å². The summed E-state index contributed by atoms with van der Waals surface area (Å²) in [4.78, 5) is 0. The Hall–Kier alpha value is 0.394. The van der Waals surface area contributed by atoms with Crippen LogP contribution in [0.2, 0.25) is 44.3 Å². The molecule has 0 amide bonds. The van der Waals surface area contributed by atoms with Gasteiger partial charge in [-0.1, -0.05) is 33.5 Å². The third kappa shape index (κ3) is 3.72. The van der Waals surface area contributed by atoms with Crippen LogP contribution in [0.4, 0.5) is 0 Å². The maximum Gasteiger partial charge on any atom is 0.184 e. The highest BCUT2D eigenvalue weighted by Crippen LogP contribution is 2.49. The fraction of sp³-hybridized carbons (Fsp3) is 1.00. The Morgan fingerprint density at radius 1 is 0.733 bits per heavy atom. The summed E-state index contributed by atoms with van der Waals surface area (Å²) < 4.78 is 6.39. The van der Waals surface area contributed by atoms with Gasteiger partial charge in [0.2, 0.25) is 0 Å². The van der Waals surface area contributed by atoms with Gasteiger partial charge in [0.25, 0.3) is 0 Å². The van der Waals surface area contributed by atoms with Crippen LogP contribution in [0.15, 0.2) is 0 Å². The fourth-order valence-corrected chi connectivity index (χ4v) is 5.54. The first-order chi connectivity index (χ1) is 6.21. The second-order valence-corrected chi connectivity index (χ2v) is 17.8. The Morgan fingerprint density at radius 2 is 1.07 bits per heavy atom. The van der Waals surface area contributed by atoms with Crippen LogP contribution in [0.1, 0.15) is 27.7 Å². The Labute approximate surface area is 98.8 Å². The highest BCUT2D eigenvalue weighted by atomic mass is 28.4. The largest absolute Gasteiger partial charge is 0.412 e. The van der Waals surface area contributed by atoms with Gasteiger partial charge in [-0.15, -0.1) is 0 Å². The third-order valence-corrected chi connectivity index (χ3v) is 9.42. The van der Waals surface area contributed by atoms with Gasteiger partial charge in [0.05, 0.1) is 13.7 Å². The van der Waals surface area contributed by atoms with Gasteiger partial charge in [-0.2, -0.15) is 0 Å². The molecule has 15 heavy (non-hydrogen) atoms. The molecule has 3 heteroatoms. The van der Waals surface area contributed by atoms with Crippen molar-refractivity contribution < 1.29 is 4.43 Å². The maximum atomic E-state index is 6.39. The minimum atomic E-state index is -1.46. The lowest BCUT2D eigenvalue weighted by molar-refractivity contribution is 0.0568. The second kappa shape index (κ2) is 4.00. The zero-order valence-electron chi connectivity index (χ0n) is 12.4. The smallest absolute Gasteiger partial charge is 0.184 e. The summed E-state index contributed by atoms with van der Waals surface area (Å²) >= 11 is 0. The van der Waals surface area contributed by atoms with Crippen LogP contribution in [0.3, 0.4) is 0 Å². The zero-order valence-corrected chi connectivity index (χ0v) is 14.4. The SMILES string of the molecule is CC(C)(O[Si](C)(C)C)C(C)(C)[Si](C)(C)C. The van der Waals surface area contributed by atoms with E-state index in [1.807, 2.05) is 0 Å². The Bertz CT molecular complexity index is 219. The van der Waals surface area contributed by atoms with E-state index >= 15 is 0 Å². The molecule has 0 aliphatic heterocycles. The van der Waals surface area contributed by atoms with E-state index in [1.165, 1.54) is 0 Å². The van der Waals surface area contributed by atoms with Crippen LogP contribution in [0, 0.1) is 0 Å². The van der Waals surface area contributed by atoms with Crippen molar-refractivity contribution in [1.82, 2.24) is 0 Å². The van der Waals surface area contributed by atoms with Crippen molar-refractivity contribution in [3.63, 3.8) is 0 Å². The molecule has 0 aliphatic rings. The predicted molar refractivity (Wildman–Crippen MR) is 75.9 cm³/mol. The van der Waals surface area contributed by atoms with Crippen LogP contribution in [-0.2, 0) is 4.43 Å². The minimum Gasteiger partial charge on any atom is -0.412 e. The van der Waals surface area contributed by atoms with Crippen molar-refractivity contribution in [2.45, 2.75) is 77.6 Å². The predicted octanol–water partition coefficient (Wildman–Crippen LogP) is 4.73. The topological polar surface area (TPSA) is 9.23 Å². The van der Waals surface area contributed by atoms with E-state index in [1.54, 1.807) is 0 Å². The maximum absolute atomic E-state index is 6.39. The Morgan fingerprint density at radius 3 is 1.27 bits per heavy atom. The molecule has 0 saturated heterocycles. The van der Waals surface area contributed by atoms with Gasteiger partial charge in [-0.05, 0) is 38.5 Å². The average Bonchev–Trinajstić information content (AvgIpc) is 1.77. The van der Waals surface area contributed by atoms with Gasteiger partial charge in [0.1, 0.15) is 0 Å². The summed E-state index contributed by atoms with van der Waals surface area (Å²) in [6, 6.07) is 0. The molecule has 0 rings (SSSR count). The Balaban J connectivity index is 5.03. The number of hydrogen-bond acceptors (Lipinski definition) is 1. The van der Waals surface area contributed by atoms with Gasteiger partial charge in [0, 0.05) is 0 Å². The molecule has 0 saturated carbocycles. The minimum absolute atomic E-state index is 0.0120. The molecule has 0 aliphatic carbocycles. The van der Waals surface area contributed by atoms with Gasteiger partial charge in [-0.25, -0.2) is 0 Å². The second-order valence-electron chi connectivity index (χ2n) is 7.60. The number of hydrogen-bond donors (Lipinski definition) is 0. The highest BCUT2D eigenvalue weighted by Gasteiger charge is 2.48. The summed E-state index contributed by atoms with van der Waals surface area (Å²) in [6.45, 7) is 23.4. The monoisotopic (exact) mass is 246 g/mol. The molecule has 92 valence electrons. The summed E-state index contributed by atoms with van der Waals surface area (Å²) in [5.41, 5.74) is -0.0120. The molecule has 0 fully saturated rings. The standard InChI is InChI=1S/C12H30OSi2/c1-11(2,13-15(8,9)10)12(3,4)14(5,6)7/h1-10H3. The Kier molecular flexibility index (Phi) is 4.11. The van der Waals surface area contributed by atoms with Crippen LogP contribution < -0.4 is 0 Å². The van der Waals surface area contributed by atoms with Gasteiger partial charge in [-0.3, -0.25) is 0 Å². The lowest BCUT2D eigenvalue weighted by atomic mass is 9.93. The lowest BCUT2D eigenvalue weighted by Gasteiger charge is -2.51. The molecule has 0 N–H and O–H groups in total. The summed E-state index contributed by atoms with van der Waals surface area (Å²) in [7, 11) is -2.68. The zero-order chi connectivity index (χ0) is 12.7. The van der Waals surface area contributed by atoms with E-state index in [2.05, 4.69) is 67.0 Å². The first-order valence-corrected chi connectivity index (χ1v) is 12.8. The van der Waals surface area contributed by atoms with E-state index in [0.29, 0.717) is 5.04 Å². The van der Waals surface area contributed by atoms with Crippen LogP contribution in [-0.4, -0.2) is 22.0 Å². The molecule has 0 aromatic carbocycles. The van der Waals surface area contributed by atoms with Crippen molar-refractivity contribution in [3.05, 3.63) is 0 Å². The average molecular weight is 247 g/mol. The van der Waals surface area contributed by atoms with Crippen LogP contribution >= 0.6 is 0 Å².